The van der Waals surface area contributed by atoms with Gasteiger partial charge in [-0.05, 0) is 43.2 Å². The van der Waals surface area contributed by atoms with Crippen molar-refractivity contribution in [3.05, 3.63) is 48.5 Å². The lowest BCUT2D eigenvalue weighted by molar-refractivity contribution is -0.120. The van der Waals surface area contributed by atoms with E-state index in [0.29, 0.717) is 18.8 Å². The fourth-order valence-corrected chi connectivity index (χ4v) is 4.11. The summed E-state index contributed by atoms with van der Waals surface area (Å²) >= 11 is 0. The molecule has 1 aromatic carbocycles. The summed E-state index contributed by atoms with van der Waals surface area (Å²) in [7, 11) is 0. The molecule has 0 atom stereocenters. The first-order valence-electron chi connectivity index (χ1n) is 11.0. The molecule has 164 valence electrons. The Hall–Kier alpha value is -3.00. The zero-order valence-electron chi connectivity index (χ0n) is 17.7. The fraction of sp³-hybridized carbons (Fsp3) is 0.478. The molecule has 31 heavy (non-hydrogen) atoms. The van der Waals surface area contributed by atoms with Gasteiger partial charge < -0.3 is 15.0 Å². The number of nitrogens with zero attached hydrogens (tertiary/aromatic N) is 4. The van der Waals surface area contributed by atoms with Gasteiger partial charge >= 0.3 is 6.09 Å². The van der Waals surface area contributed by atoms with Gasteiger partial charge in [-0.1, -0.05) is 19.3 Å². The monoisotopic (exact) mass is 423 g/mol. The Bertz CT molecular complexity index is 861. The van der Waals surface area contributed by atoms with E-state index in [1.54, 1.807) is 41.7 Å². The number of anilines is 1. The number of hydrogen-bond donors (Lipinski definition) is 1. The van der Waals surface area contributed by atoms with E-state index < -0.39 is 0 Å². The average Bonchev–Trinajstić information content (AvgIpc) is 2.82. The van der Waals surface area contributed by atoms with Crippen LogP contribution >= 0.6 is 0 Å². The summed E-state index contributed by atoms with van der Waals surface area (Å²) in [5, 5.41) is 2.98. The van der Waals surface area contributed by atoms with Gasteiger partial charge in [-0.2, -0.15) is 0 Å². The van der Waals surface area contributed by atoms with E-state index >= 15 is 0 Å². The maximum absolute atomic E-state index is 12.5. The lowest BCUT2D eigenvalue weighted by atomic mass is 9.88. The molecule has 0 bridgehead atoms. The summed E-state index contributed by atoms with van der Waals surface area (Å²) in [4.78, 5) is 37.0. The lowest BCUT2D eigenvalue weighted by Gasteiger charge is -2.33. The number of benzene rings is 1. The molecule has 0 unspecified atom stereocenters. The highest BCUT2D eigenvalue weighted by Gasteiger charge is 2.23. The van der Waals surface area contributed by atoms with Gasteiger partial charge in [0.1, 0.15) is 12.1 Å². The third-order valence-electron chi connectivity index (χ3n) is 5.96. The molecule has 2 heterocycles. The van der Waals surface area contributed by atoms with E-state index in [0.717, 1.165) is 56.7 Å². The van der Waals surface area contributed by atoms with Crippen LogP contribution in [0.25, 0.3) is 0 Å². The second-order valence-electron chi connectivity index (χ2n) is 8.18. The molecule has 1 saturated carbocycles. The standard InChI is InChI=1S/C23H29N5O3/c29-22(18-4-2-1-3-5-18)26-19-6-8-21(9-7-19)31-23(30)28-14-12-27(13-15-28)16-20-10-11-24-17-25-20/h6-11,17-18H,1-5,12-16H2,(H,26,29). The van der Waals surface area contributed by atoms with Gasteiger partial charge in [-0.3, -0.25) is 9.69 Å². The van der Waals surface area contributed by atoms with Crippen LogP contribution in [0.1, 0.15) is 37.8 Å². The zero-order chi connectivity index (χ0) is 21.5. The molecule has 1 aromatic heterocycles. The fourth-order valence-electron chi connectivity index (χ4n) is 4.11. The summed E-state index contributed by atoms with van der Waals surface area (Å²) in [5.41, 5.74) is 1.70. The topological polar surface area (TPSA) is 87.7 Å². The van der Waals surface area contributed by atoms with Crippen molar-refractivity contribution in [2.75, 3.05) is 31.5 Å². The van der Waals surface area contributed by atoms with Crippen LogP contribution in [0.4, 0.5) is 10.5 Å². The number of rotatable bonds is 5. The van der Waals surface area contributed by atoms with Crippen molar-refractivity contribution >= 4 is 17.7 Å². The van der Waals surface area contributed by atoms with E-state index in [4.69, 9.17) is 4.74 Å². The van der Waals surface area contributed by atoms with Crippen LogP contribution in [-0.2, 0) is 11.3 Å². The summed E-state index contributed by atoms with van der Waals surface area (Å²) in [6.07, 6.45) is 8.35. The van der Waals surface area contributed by atoms with Gasteiger partial charge in [0.05, 0.1) is 5.69 Å². The molecular weight excluding hydrogens is 394 g/mol. The third-order valence-corrected chi connectivity index (χ3v) is 5.96. The molecule has 0 radical (unpaired) electrons. The highest BCUT2D eigenvalue weighted by atomic mass is 16.6. The molecule has 8 heteroatoms. The first-order valence-corrected chi connectivity index (χ1v) is 11.0. The van der Waals surface area contributed by atoms with Crippen molar-refractivity contribution < 1.29 is 14.3 Å². The van der Waals surface area contributed by atoms with Gasteiger partial charge in [0.2, 0.25) is 5.91 Å². The Balaban J connectivity index is 1.22. The number of carbonyl (C=O) groups excluding carboxylic acids is 2. The molecule has 2 aliphatic rings. The van der Waals surface area contributed by atoms with Gasteiger partial charge in [-0.15, -0.1) is 0 Å². The Morgan fingerprint density at radius 3 is 2.42 bits per heavy atom. The maximum Gasteiger partial charge on any atom is 0.415 e. The van der Waals surface area contributed by atoms with E-state index in [-0.39, 0.29) is 17.9 Å². The van der Waals surface area contributed by atoms with Crippen LogP contribution in [0.15, 0.2) is 42.9 Å². The maximum atomic E-state index is 12.5. The Morgan fingerprint density at radius 2 is 1.74 bits per heavy atom. The number of piperazine rings is 1. The number of carbonyl (C=O) groups is 2. The minimum absolute atomic E-state index is 0.0873. The second kappa shape index (κ2) is 10.3. The van der Waals surface area contributed by atoms with E-state index in [1.165, 1.54) is 6.42 Å². The van der Waals surface area contributed by atoms with Gasteiger partial charge in [0.25, 0.3) is 0 Å². The average molecular weight is 424 g/mol. The minimum atomic E-state index is -0.347. The molecule has 1 N–H and O–H groups in total. The quantitative estimate of drug-likeness (QED) is 0.794. The van der Waals surface area contributed by atoms with Crippen LogP contribution < -0.4 is 10.1 Å². The largest absolute Gasteiger partial charge is 0.415 e. The first kappa shape index (κ1) is 21.2. The molecule has 1 aliphatic heterocycles. The summed E-state index contributed by atoms with van der Waals surface area (Å²) in [5.74, 6) is 0.674. The lowest BCUT2D eigenvalue weighted by Crippen LogP contribution is -2.49. The normalized spacial score (nSPS) is 17.9. The summed E-state index contributed by atoms with van der Waals surface area (Å²) < 4.78 is 5.52. The van der Waals surface area contributed by atoms with Gasteiger partial charge in [-0.25, -0.2) is 14.8 Å². The molecule has 1 saturated heterocycles. The van der Waals surface area contributed by atoms with Crippen molar-refractivity contribution in [1.29, 1.82) is 0 Å². The molecule has 4 rings (SSSR count). The molecule has 1 aliphatic carbocycles. The molecule has 2 fully saturated rings. The highest BCUT2D eigenvalue weighted by molar-refractivity contribution is 5.92. The third kappa shape index (κ3) is 6.01. The predicted octanol–water partition coefficient (Wildman–Crippen LogP) is 3.31. The highest BCUT2D eigenvalue weighted by Crippen LogP contribution is 2.25. The second-order valence-corrected chi connectivity index (χ2v) is 8.18. The van der Waals surface area contributed by atoms with Crippen molar-refractivity contribution in [2.24, 2.45) is 5.92 Å². The molecule has 2 amide bonds. The predicted molar refractivity (Wildman–Crippen MR) is 117 cm³/mol. The number of hydrogen-bond acceptors (Lipinski definition) is 6. The number of aromatic nitrogens is 2. The Labute approximate surface area is 182 Å². The molecular formula is C23H29N5O3. The van der Waals surface area contributed by atoms with Crippen molar-refractivity contribution in [1.82, 2.24) is 19.8 Å². The summed E-state index contributed by atoms with van der Waals surface area (Å²) in [6, 6.07) is 8.91. The first-order chi connectivity index (χ1) is 15.2. The molecule has 0 spiro atoms. The number of ether oxygens (including phenoxy) is 1. The van der Waals surface area contributed by atoms with Crippen LogP contribution in [0.3, 0.4) is 0 Å². The van der Waals surface area contributed by atoms with Gasteiger partial charge in [0, 0.05) is 50.5 Å². The van der Waals surface area contributed by atoms with Crippen LogP contribution in [0.2, 0.25) is 0 Å². The number of amides is 2. The minimum Gasteiger partial charge on any atom is -0.410 e. The molecule has 8 nitrogen and oxygen atoms in total. The van der Waals surface area contributed by atoms with E-state index in [9.17, 15) is 9.59 Å². The zero-order valence-corrected chi connectivity index (χ0v) is 17.7. The number of nitrogens with one attached hydrogen (secondary N) is 1. The van der Waals surface area contributed by atoms with Crippen LogP contribution in [-0.4, -0.2) is 57.9 Å². The van der Waals surface area contributed by atoms with Gasteiger partial charge in [0.15, 0.2) is 0 Å². The SMILES string of the molecule is O=C(Nc1ccc(OC(=O)N2CCN(Cc3ccncn3)CC2)cc1)C1CCCCC1. The van der Waals surface area contributed by atoms with Crippen molar-refractivity contribution in [3.8, 4) is 5.75 Å². The Morgan fingerprint density at radius 1 is 1.00 bits per heavy atom. The summed E-state index contributed by atoms with van der Waals surface area (Å²) in [6.45, 7) is 3.51. The van der Waals surface area contributed by atoms with E-state index in [2.05, 4.69) is 20.2 Å². The van der Waals surface area contributed by atoms with Crippen molar-refractivity contribution in [2.45, 2.75) is 38.6 Å². The van der Waals surface area contributed by atoms with E-state index in [1.807, 2.05) is 6.07 Å². The van der Waals surface area contributed by atoms with Crippen LogP contribution in [0, 0.1) is 5.92 Å². The Kier molecular flexibility index (Phi) is 7.09. The molecule has 2 aromatic rings. The van der Waals surface area contributed by atoms with Crippen molar-refractivity contribution in [3.63, 3.8) is 0 Å². The van der Waals surface area contributed by atoms with Crippen LogP contribution in [0.5, 0.6) is 5.75 Å². The smallest absolute Gasteiger partial charge is 0.410 e.